The van der Waals surface area contributed by atoms with Crippen molar-refractivity contribution in [2.75, 3.05) is 0 Å². The van der Waals surface area contributed by atoms with E-state index in [2.05, 4.69) is 12.2 Å². The molecule has 0 aliphatic heterocycles. The molecular formula is C18H20F2S2. The molecule has 1 unspecified atom stereocenters. The van der Waals surface area contributed by atoms with Crippen LogP contribution in [0.1, 0.15) is 54.2 Å². The van der Waals surface area contributed by atoms with Crippen LogP contribution in [-0.4, -0.2) is 0 Å². The number of hydrogen-bond acceptors (Lipinski definition) is 2. The molecule has 1 aliphatic carbocycles. The van der Waals surface area contributed by atoms with Crippen molar-refractivity contribution < 1.29 is 8.78 Å². The lowest BCUT2D eigenvalue weighted by Gasteiger charge is -2.13. The zero-order valence-electron chi connectivity index (χ0n) is 12.7. The number of hydrogen-bond donors (Lipinski definition) is 0. The molecule has 0 fully saturated rings. The van der Waals surface area contributed by atoms with E-state index in [0.29, 0.717) is 15.7 Å². The molecule has 1 aliphatic rings. The first-order valence-corrected chi connectivity index (χ1v) is 9.49. The molecule has 2 heterocycles. The molecule has 4 heteroatoms. The van der Waals surface area contributed by atoms with Crippen LogP contribution in [0.4, 0.5) is 8.78 Å². The SMILES string of the molecule is Cc1cc(F)c(-c2sc(C3CC/C=C\CCCC3)cc2F)s1. The third kappa shape index (κ3) is 3.49. The Hall–Kier alpha value is -1.00. The van der Waals surface area contributed by atoms with Crippen LogP contribution < -0.4 is 0 Å². The average Bonchev–Trinajstić information content (AvgIpc) is 3.04. The lowest BCUT2D eigenvalue weighted by molar-refractivity contribution is 0.554. The molecule has 0 amide bonds. The van der Waals surface area contributed by atoms with Gasteiger partial charge >= 0.3 is 0 Å². The summed E-state index contributed by atoms with van der Waals surface area (Å²) >= 11 is 2.78. The monoisotopic (exact) mass is 338 g/mol. The summed E-state index contributed by atoms with van der Waals surface area (Å²) in [6.45, 7) is 1.86. The lowest BCUT2D eigenvalue weighted by Crippen LogP contribution is -1.95. The zero-order chi connectivity index (χ0) is 15.5. The molecule has 0 saturated heterocycles. The van der Waals surface area contributed by atoms with Gasteiger partial charge in [0.15, 0.2) is 0 Å². The van der Waals surface area contributed by atoms with Gasteiger partial charge in [-0.3, -0.25) is 0 Å². The summed E-state index contributed by atoms with van der Waals surface area (Å²) in [5.41, 5.74) is 0. The normalized spacial score (nSPS) is 21.1. The summed E-state index contributed by atoms with van der Waals surface area (Å²) in [5.74, 6) is -0.163. The highest BCUT2D eigenvalue weighted by Gasteiger charge is 2.21. The van der Waals surface area contributed by atoms with Crippen LogP contribution in [0.3, 0.4) is 0 Å². The Morgan fingerprint density at radius 3 is 2.41 bits per heavy atom. The topological polar surface area (TPSA) is 0 Å². The fourth-order valence-electron chi connectivity index (χ4n) is 3.00. The summed E-state index contributed by atoms with van der Waals surface area (Å²) in [4.78, 5) is 2.89. The molecule has 0 saturated carbocycles. The van der Waals surface area contributed by atoms with Crippen molar-refractivity contribution in [2.45, 2.75) is 51.4 Å². The molecule has 0 aromatic carbocycles. The van der Waals surface area contributed by atoms with Gasteiger partial charge in [0.2, 0.25) is 0 Å². The predicted molar refractivity (Wildman–Crippen MR) is 91.9 cm³/mol. The largest absolute Gasteiger partial charge is 0.205 e. The standard InChI is InChI=1S/C18H20F2S2/c1-12-10-14(19)17(21-12)18-15(20)11-16(22-18)13-8-6-4-2-3-5-7-9-13/h2,4,10-11,13H,3,5-9H2,1H3/b4-2-. The average molecular weight is 338 g/mol. The van der Waals surface area contributed by atoms with Crippen LogP contribution >= 0.6 is 22.7 Å². The van der Waals surface area contributed by atoms with Crippen LogP contribution in [-0.2, 0) is 0 Å². The van der Waals surface area contributed by atoms with E-state index in [1.165, 1.54) is 41.6 Å². The second kappa shape index (κ2) is 7.05. The van der Waals surface area contributed by atoms with E-state index in [-0.39, 0.29) is 11.6 Å². The summed E-state index contributed by atoms with van der Waals surface area (Å²) in [7, 11) is 0. The summed E-state index contributed by atoms with van der Waals surface area (Å²) < 4.78 is 28.3. The van der Waals surface area contributed by atoms with E-state index < -0.39 is 0 Å². The fraction of sp³-hybridized carbons (Fsp3) is 0.444. The molecule has 2 aromatic rings. The van der Waals surface area contributed by atoms with E-state index in [0.717, 1.165) is 35.4 Å². The third-order valence-corrected chi connectivity index (χ3v) is 6.61. The minimum absolute atomic E-state index is 0.267. The molecule has 3 rings (SSSR count). The van der Waals surface area contributed by atoms with Crippen molar-refractivity contribution >= 4 is 22.7 Å². The molecule has 0 N–H and O–H groups in total. The maximum atomic E-state index is 14.3. The van der Waals surface area contributed by atoms with E-state index >= 15 is 0 Å². The van der Waals surface area contributed by atoms with Gasteiger partial charge in [-0.15, -0.1) is 22.7 Å². The minimum atomic E-state index is -0.299. The molecule has 2 aromatic heterocycles. The van der Waals surface area contributed by atoms with Crippen molar-refractivity contribution in [3.8, 4) is 9.75 Å². The fourth-order valence-corrected chi connectivity index (χ4v) is 5.22. The predicted octanol–water partition coefficient (Wildman–Crippen LogP) is 7.06. The smallest absolute Gasteiger partial charge is 0.143 e. The van der Waals surface area contributed by atoms with E-state index in [4.69, 9.17) is 0 Å². The number of allylic oxidation sites excluding steroid dienone is 2. The van der Waals surface area contributed by atoms with Crippen LogP contribution in [0.15, 0.2) is 24.3 Å². The molecule has 0 bridgehead atoms. The van der Waals surface area contributed by atoms with Crippen molar-refractivity contribution in [3.63, 3.8) is 0 Å². The summed E-state index contributed by atoms with van der Waals surface area (Å²) in [5, 5.41) is 0. The molecule has 0 nitrogen and oxygen atoms in total. The highest BCUT2D eigenvalue weighted by molar-refractivity contribution is 7.22. The Morgan fingerprint density at radius 1 is 0.909 bits per heavy atom. The first kappa shape index (κ1) is 15.9. The number of thiophene rings is 2. The molecule has 1 atom stereocenters. The second-order valence-electron chi connectivity index (χ2n) is 5.89. The third-order valence-electron chi connectivity index (χ3n) is 4.15. The molecule has 118 valence electrons. The highest BCUT2D eigenvalue weighted by atomic mass is 32.1. The quantitative estimate of drug-likeness (QED) is 0.514. The Kier molecular flexibility index (Phi) is 5.09. The molecule has 0 radical (unpaired) electrons. The lowest BCUT2D eigenvalue weighted by atomic mass is 9.95. The van der Waals surface area contributed by atoms with Gasteiger partial charge in [-0.2, -0.15) is 0 Å². The van der Waals surface area contributed by atoms with Crippen molar-refractivity contribution in [1.29, 1.82) is 0 Å². The molecule has 0 spiro atoms. The number of rotatable bonds is 2. The maximum absolute atomic E-state index is 14.3. The van der Waals surface area contributed by atoms with E-state index in [1.807, 2.05) is 6.92 Å². The van der Waals surface area contributed by atoms with Gasteiger partial charge in [-0.25, -0.2) is 8.78 Å². The Morgan fingerprint density at radius 2 is 1.64 bits per heavy atom. The zero-order valence-corrected chi connectivity index (χ0v) is 14.3. The van der Waals surface area contributed by atoms with Crippen LogP contribution in [0.2, 0.25) is 0 Å². The Labute approximate surface area is 138 Å². The second-order valence-corrected chi connectivity index (χ2v) is 8.23. The van der Waals surface area contributed by atoms with Gasteiger partial charge in [-0.05, 0) is 57.1 Å². The van der Waals surface area contributed by atoms with Gasteiger partial charge in [0.1, 0.15) is 11.6 Å². The van der Waals surface area contributed by atoms with Crippen LogP contribution in [0.25, 0.3) is 9.75 Å². The first-order chi connectivity index (χ1) is 10.6. The molecular weight excluding hydrogens is 318 g/mol. The van der Waals surface area contributed by atoms with Gasteiger partial charge < -0.3 is 0 Å². The van der Waals surface area contributed by atoms with Gasteiger partial charge in [-0.1, -0.05) is 18.6 Å². The minimum Gasteiger partial charge on any atom is -0.205 e. The Bertz CT molecular complexity index is 667. The summed E-state index contributed by atoms with van der Waals surface area (Å²) in [6, 6.07) is 3.13. The van der Waals surface area contributed by atoms with Gasteiger partial charge in [0, 0.05) is 9.75 Å². The van der Waals surface area contributed by atoms with Crippen LogP contribution in [0.5, 0.6) is 0 Å². The number of halogens is 2. The highest BCUT2D eigenvalue weighted by Crippen LogP contribution is 2.42. The van der Waals surface area contributed by atoms with Gasteiger partial charge in [0.25, 0.3) is 0 Å². The van der Waals surface area contributed by atoms with E-state index in [1.54, 1.807) is 6.07 Å². The first-order valence-electron chi connectivity index (χ1n) is 7.85. The van der Waals surface area contributed by atoms with Crippen molar-refractivity contribution in [3.05, 3.63) is 45.7 Å². The number of aryl methyl sites for hydroxylation is 1. The van der Waals surface area contributed by atoms with E-state index in [9.17, 15) is 8.78 Å². The van der Waals surface area contributed by atoms with Crippen LogP contribution in [0, 0.1) is 18.6 Å². The van der Waals surface area contributed by atoms with Crippen molar-refractivity contribution in [1.82, 2.24) is 0 Å². The van der Waals surface area contributed by atoms with Gasteiger partial charge in [0.05, 0.1) is 9.75 Å². The maximum Gasteiger partial charge on any atom is 0.143 e. The molecule has 22 heavy (non-hydrogen) atoms. The van der Waals surface area contributed by atoms with Crippen molar-refractivity contribution in [2.24, 2.45) is 0 Å². The Balaban J connectivity index is 1.87. The summed E-state index contributed by atoms with van der Waals surface area (Å²) in [6.07, 6.45) is 11.2.